The minimum absolute atomic E-state index is 0.0982. The summed E-state index contributed by atoms with van der Waals surface area (Å²) < 4.78 is 0. The summed E-state index contributed by atoms with van der Waals surface area (Å²) in [6.07, 6.45) is 0. The summed E-state index contributed by atoms with van der Waals surface area (Å²) in [5, 5.41) is 14.4. The van der Waals surface area contributed by atoms with Crippen molar-refractivity contribution in [2.24, 2.45) is 0 Å². The van der Waals surface area contributed by atoms with Crippen LogP contribution in [0.1, 0.15) is 0 Å². The molecular weight excluding hydrogens is 282 g/mol. The van der Waals surface area contributed by atoms with Crippen LogP contribution in [0.5, 0.6) is 5.75 Å². The van der Waals surface area contributed by atoms with Crippen LogP contribution in [0.3, 0.4) is 0 Å². The SMILES string of the molecule is CN(C)c1ccc(NC(=O)C(=O)Nc2ccccc2O)cc1. The molecule has 0 atom stereocenters. The number of anilines is 3. The van der Waals surface area contributed by atoms with Crippen molar-refractivity contribution in [2.75, 3.05) is 29.6 Å². The Hall–Kier alpha value is -3.02. The summed E-state index contributed by atoms with van der Waals surface area (Å²) in [5.41, 5.74) is 1.69. The quantitative estimate of drug-likeness (QED) is 0.598. The van der Waals surface area contributed by atoms with Crippen LogP contribution in [0.15, 0.2) is 48.5 Å². The molecule has 2 amide bonds. The molecule has 6 nitrogen and oxygen atoms in total. The minimum Gasteiger partial charge on any atom is -0.506 e. The highest BCUT2D eigenvalue weighted by Crippen LogP contribution is 2.21. The van der Waals surface area contributed by atoms with Crippen molar-refractivity contribution in [3.63, 3.8) is 0 Å². The molecule has 22 heavy (non-hydrogen) atoms. The van der Waals surface area contributed by atoms with E-state index in [0.717, 1.165) is 5.69 Å². The largest absolute Gasteiger partial charge is 0.506 e. The monoisotopic (exact) mass is 299 g/mol. The van der Waals surface area contributed by atoms with Gasteiger partial charge in [-0.1, -0.05) is 12.1 Å². The first-order valence-corrected chi connectivity index (χ1v) is 6.65. The molecule has 2 aromatic carbocycles. The lowest BCUT2D eigenvalue weighted by Crippen LogP contribution is -2.29. The van der Waals surface area contributed by atoms with Crippen LogP contribution in [0.25, 0.3) is 0 Å². The second-order valence-corrected chi connectivity index (χ2v) is 4.87. The molecule has 2 rings (SSSR count). The standard InChI is InChI=1S/C16H17N3O3/c1-19(2)12-9-7-11(8-10-12)17-15(21)16(22)18-13-5-3-4-6-14(13)20/h3-10,20H,1-2H3,(H,17,21)(H,18,22). The summed E-state index contributed by atoms with van der Waals surface area (Å²) in [5.74, 6) is -1.75. The number of nitrogens with one attached hydrogen (secondary N) is 2. The molecule has 0 heterocycles. The van der Waals surface area contributed by atoms with Gasteiger partial charge >= 0.3 is 11.8 Å². The maximum absolute atomic E-state index is 11.8. The lowest BCUT2D eigenvalue weighted by molar-refractivity contribution is -0.133. The van der Waals surface area contributed by atoms with E-state index in [0.29, 0.717) is 5.69 Å². The van der Waals surface area contributed by atoms with E-state index >= 15 is 0 Å². The van der Waals surface area contributed by atoms with Gasteiger partial charge in [-0.25, -0.2) is 0 Å². The number of carbonyl (C=O) groups is 2. The zero-order valence-electron chi connectivity index (χ0n) is 12.3. The number of carbonyl (C=O) groups excluding carboxylic acids is 2. The van der Waals surface area contributed by atoms with Gasteiger partial charge in [0.15, 0.2) is 0 Å². The van der Waals surface area contributed by atoms with Crippen LogP contribution in [0.2, 0.25) is 0 Å². The normalized spacial score (nSPS) is 9.91. The van der Waals surface area contributed by atoms with Gasteiger partial charge in [-0.05, 0) is 36.4 Å². The fourth-order valence-corrected chi connectivity index (χ4v) is 1.79. The number of phenolic OH excluding ortho intramolecular Hbond substituents is 1. The van der Waals surface area contributed by atoms with E-state index in [2.05, 4.69) is 10.6 Å². The molecule has 0 spiro atoms. The molecule has 2 aromatic rings. The lowest BCUT2D eigenvalue weighted by Gasteiger charge is -2.13. The third kappa shape index (κ3) is 3.76. The molecule has 0 saturated heterocycles. The lowest BCUT2D eigenvalue weighted by atomic mass is 10.2. The van der Waals surface area contributed by atoms with Gasteiger partial charge in [-0.15, -0.1) is 0 Å². The summed E-state index contributed by atoms with van der Waals surface area (Å²) >= 11 is 0. The van der Waals surface area contributed by atoms with E-state index in [1.165, 1.54) is 12.1 Å². The number of amides is 2. The Morgan fingerprint density at radius 3 is 2.09 bits per heavy atom. The van der Waals surface area contributed by atoms with E-state index in [4.69, 9.17) is 0 Å². The number of nitrogens with zero attached hydrogens (tertiary/aromatic N) is 1. The Morgan fingerprint density at radius 2 is 1.50 bits per heavy atom. The number of benzene rings is 2. The van der Waals surface area contributed by atoms with Gasteiger partial charge in [-0.2, -0.15) is 0 Å². The topological polar surface area (TPSA) is 81.7 Å². The van der Waals surface area contributed by atoms with Gasteiger partial charge in [0.05, 0.1) is 5.69 Å². The molecular formula is C16H17N3O3. The predicted molar refractivity (Wildman–Crippen MR) is 86.1 cm³/mol. The van der Waals surface area contributed by atoms with Crippen molar-refractivity contribution in [2.45, 2.75) is 0 Å². The smallest absolute Gasteiger partial charge is 0.314 e. The van der Waals surface area contributed by atoms with Crippen LogP contribution in [0, 0.1) is 0 Å². The maximum atomic E-state index is 11.8. The molecule has 0 aliphatic rings. The molecule has 0 fully saturated rings. The number of hydrogen-bond acceptors (Lipinski definition) is 4. The van der Waals surface area contributed by atoms with E-state index in [1.807, 2.05) is 31.1 Å². The van der Waals surface area contributed by atoms with Crippen molar-refractivity contribution in [1.82, 2.24) is 0 Å². The first kappa shape index (κ1) is 15.4. The summed E-state index contributed by atoms with van der Waals surface area (Å²) in [7, 11) is 3.82. The highest BCUT2D eigenvalue weighted by molar-refractivity contribution is 6.43. The van der Waals surface area contributed by atoms with E-state index in [-0.39, 0.29) is 11.4 Å². The van der Waals surface area contributed by atoms with Gasteiger partial charge in [0.2, 0.25) is 0 Å². The average Bonchev–Trinajstić information content (AvgIpc) is 2.50. The Kier molecular flexibility index (Phi) is 4.63. The van der Waals surface area contributed by atoms with Crippen LogP contribution < -0.4 is 15.5 Å². The summed E-state index contributed by atoms with van der Waals surface area (Å²) in [6, 6.07) is 13.3. The minimum atomic E-state index is -0.849. The zero-order chi connectivity index (χ0) is 16.1. The van der Waals surface area contributed by atoms with Crippen molar-refractivity contribution >= 4 is 28.9 Å². The van der Waals surface area contributed by atoms with Gasteiger partial charge in [0, 0.05) is 25.5 Å². The van der Waals surface area contributed by atoms with Crippen LogP contribution in [-0.4, -0.2) is 31.0 Å². The van der Waals surface area contributed by atoms with E-state index < -0.39 is 11.8 Å². The Bertz CT molecular complexity index is 681. The summed E-state index contributed by atoms with van der Waals surface area (Å²) in [6.45, 7) is 0. The van der Waals surface area contributed by atoms with Crippen LogP contribution in [-0.2, 0) is 9.59 Å². The van der Waals surface area contributed by atoms with E-state index in [1.54, 1.807) is 24.3 Å². The molecule has 0 aromatic heterocycles. The molecule has 0 aliphatic carbocycles. The molecule has 0 bridgehead atoms. The molecule has 0 aliphatic heterocycles. The van der Waals surface area contributed by atoms with Crippen LogP contribution >= 0.6 is 0 Å². The average molecular weight is 299 g/mol. The fourth-order valence-electron chi connectivity index (χ4n) is 1.79. The third-order valence-electron chi connectivity index (χ3n) is 3.00. The maximum Gasteiger partial charge on any atom is 0.314 e. The molecule has 0 saturated carbocycles. The third-order valence-corrected chi connectivity index (χ3v) is 3.00. The Balaban J connectivity index is 1.99. The van der Waals surface area contributed by atoms with Gasteiger partial charge in [0.1, 0.15) is 5.75 Å². The van der Waals surface area contributed by atoms with Gasteiger partial charge in [0.25, 0.3) is 0 Å². The first-order chi connectivity index (χ1) is 10.5. The molecule has 6 heteroatoms. The number of aromatic hydroxyl groups is 1. The Labute approximate surface area is 128 Å². The van der Waals surface area contributed by atoms with Crippen molar-refractivity contribution in [3.8, 4) is 5.75 Å². The van der Waals surface area contributed by atoms with Gasteiger partial charge in [-0.3, -0.25) is 9.59 Å². The van der Waals surface area contributed by atoms with Gasteiger partial charge < -0.3 is 20.6 Å². The molecule has 3 N–H and O–H groups in total. The molecule has 0 unspecified atom stereocenters. The number of rotatable bonds is 3. The number of para-hydroxylation sites is 2. The highest BCUT2D eigenvalue weighted by Gasteiger charge is 2.15. The van der Waals surface area contributed by atoms with Crippen molar-refractivity contribution < 1.29 is 14.7 Å². The predicted octanol–water partition coefficient (Wildman–Crippen LogP) is 2.04. The summed E-state index contributed by atoms with van der Waals surface area (Å²) in [4.78, 5) is 25.6. The second kappa shape index (κ2) is 6.62. The fraction of sp³-hybridized carbons (Fsp3) is 0.125. The highest BCUT2D eigenvalue weighted by atomic mass is 16.3. The molecule has 114 valence electrons. The second-order valence-electron chi connectivity index (χ2n) is 4.87. The number of phenols is 1. The number of hydrogen-bond donors (Lipinski definition) is 3. The first-order valence-electron chi connectivity index (χ1n) is 6.65. The zero-order valence-corrected chi connectivity index (χ0v) is 12.3. The Morgan fingerprint density at radius 1 is 0.909 bits per heavy atom. The van der Waals surface area contributed by atoms with Crippen LogP contribution in [0.4, 0.5) is 17.1 Å². The van der Waals surface area contributed by atoms with Crippen molar-refractivity contribution in [1.29, 1.82) is 0 Å². The van der Waals surface area contributed by atoms with E-state index in [9.17, 15) is 14.7 Å². The van der Waals surface area contributed by atoms with Crippen molar-refractivity contribution in [3.05, 3.63) is 48.5 Å². The molecule has 0 radical (unpaired) electrons.